The highest BCUT2D eigenvalue weighted by atomic mass is 35.5. The van der Waals surface area contributed by atoms with Crippen LogP contribution < -0.4 is 9.62 Å². The van der Waals surface area contributed by atoms with Crippen molar-refractivity contribution in [3.05, 3.63) is 130 Å². The Morgan fingerprint density at radius 3 is 2.09 bits per heavy atom. The van der Waals surface area contributed by atoms with Crippen molar-refractivity contribution in [3.63, 3.8) is 0 Å². The first-order valence-corrected chi connectivity index (χ1v) is 17.4. The number of hydrogen-bond donors (Lipinski definition) is 1. The Bertz CT molecular complexity index is 1730. The van der Waals surface area contributed by atoms with E-state index in [2.05, 4.69) is 5.32 Å². The molecule has 46 heavy (non-hydrogen) atoms. The molecule has 7 nitrogen and oxygen atoms in total. The molecule has 1 unspecified atom stereocenters. The number of benzene rings is 4. The molecular weight excluding hydrogens is 641 g/mol. The molecule has 0 aromatic heterocycles. The number of anilines is 1. The molecule has 0 aliphatic heterocycles. The Morgan fingerprint density at radius 1 is 0.826 bits per heavy atom. The number of sulfonamides is 1. The first-order chi connectivity index (χ1) is 22.0. The van der Waals surface area contributed by atoms with Crippen LogP contribution in [0.5, 0.6) is 0 Å². The lowest BCUT2D eigenvalue weighted by Gasteiger charge is -2.34. The van der Waals surface area contributed by atoms with Crippen molar-refractivity contribution in [1.82, 2.24) is 10.2 Å². The molecule has 0 saturated heterocycles. The summed E-state index contributed by atoms with van der Waals surface area (Å²) in [5.74, 6) is -0.729. The second-order valence-corrected chi connectivity index (χ2v) is 14.1. The van der Waals surface area contributed by atoms with Gasteiger partial charge in [-0.3, -0.25) is 13.9 Å². The molecule has 242 valence electrons. The number of halogens is 2. The van der Waals surface area contributed by atoms with Gasteiger partial charge >= 0.3 is 0 Å². The molecule has 0 radical (unpaired) electrons. The minimum atomic E-state index is -4.19. The van der Waals surface area contributed by atoms with Crippen molar-refractivity contribution in [2.75, 3.05) is 17.4 Å². The molecule has 0 aliphatic rings. The van der Waals surface area contributed by atoms with Crippen LogP contribution in [0.2, 0.25) is 10.0 Å². The third-order valence-electron chi connectivity index (χ3n) is 7.56. The van der Waals surface area contributed by atoms with E-state index < -0.39 is 28.5 Å². The van der Waals surface area contributed by atoms with E-state index in [0.717, 1.165) is 15.4 Å². The van der Waals surface area contributed by atoms with E-state index in [1.165, 1.54) is 17.0 Å². The van der Waals surface area contributed by atoms with Gasteiger partial charge in [0.05, 0.1) is 10.6 Å². The van der Waals surface area contributed by atoms with Crippen LogP contribution in [0.15, 0.2) is 108 Å². The number of amides is 2. The molecule has 1 N–H and O–H groups in total. The third kappa shape index (κ3) is 8.90. The van der Waals surface area contributed by atoms with E-state index in [4.69, 9.17) is 23.2 Å². The number of hydrogen-bond acceptors (Lipinski definition) is 4. The van der Waals surface area contributed by atoms with Crippen molar-refractivity contribution in [2.24, 2.45) is 5.92 Å². The first kappa shape index (κ1) is 35.0. The summed E-state index contributed by atoms with van der Waals surface area (Å²) in [7, 11) is -4.19. The predicted molar refractivity (Wildman–Crippen MR) is 186 cm³/mol. The fourth-order valence-corrected chi connectivity index (χ4v) is 7.04. The molecule has 0 heterocycles. The Labute approximate surface area is 282 Å². The second kappa shape index (κ2) is 16.1. The minimum absolute atomic E-state index is 0.0456. The van der Waals surface area contributed by atoms with Crippen LogP contribution in [0.25, 0.3) is 0 Å². The van der Waals surface area contributed by atoms with Crippen molar-refractivity contribution in [1.29, 1.82) is 0 Å². The maximum atomic E-state index is 14.6. The number of para-hydroxylation sites is 1. The topological polar surface area (TPSA) is 86.8 Å². The van der Waals surface area contributed by atoms with Crippen LogP contribution in [0, 0.1) is 5.92 Å². The molecule has 0 spiro atoms. The molecule has 4 aromatic carbocycles. The Hall–Kier alpha value is -3.85. The number of rotatable bonds is 14. The monoisotopic (exact) mass is 679 g/mol. The number of aryl methyl sites for hydroxylation is 1. The molecule has 1 atom stereocenters. The molecule has 10 heteroatoms. The molecule has 0 aliphatic carbocycles. The van der Waals surface area contributed by atoms with Gasteiger partial charge in [0, 0.05) is 29.6 Å². The van der Waals surface area contributed by atoms with Gasteiger partial charge in [-0.2, -0.15) is 0 Å². The van der Waals surface area contributed by atoms with Gasteiger partial charge in [0.1, 0.15) is 12.6 Å². The lowest BCUT2D eigenvalue weighted by Crippen LogP contribution is -2.53. The van der Waals surface area contributed by atoms with Crippen molar-refractivity contribution in [2.45, 2.75) is 51.1 Å². The molecule has 0 saturated carbocycles. The fraction of sp³-hybridized carbons (Fsp3) is 0.278. The van der Waals surface area contributed by atoms with E-state index in [0.29, 0.717) is 34.3 Å². The SMILES string of the molecule is CCc1ccccc1N(CC(=O)N(Cc1ccc(Cl)cc1Cl)C(Cc1ccccc1)C(=O)NCC(C)C)S(=O)(=O)c1ccccc1. The second-order valence-electron chi connectivity index (χ2n) is 11.4. The summed E-state index contributed by atoms with van der Waals surface area (Å²) in [6.07, 6.45) is 0.752. The summed E-state index contributed by atoms with van der Waals surface area (Å²) in [5, 5.41) is 3.75. The van der Waals surface area contributed by atoms with Gasteiger partial charge in [-0.1, -0.05) is 117 Å². The van der Waals surface area contributed by atoms with E-state index in [1.807, 2.05) is 63.2 Å². The highest BCUT2D eigenvalue weighted by molar-refractivity contribution is 7.92. The maximum absolute atomic E-state index is 14.6. The molecular formula is C36H39Cl2N3O4S. The lowest BCUT2D eigenvalue weighted by molar-refractivity contribution is -0.140. The van der Waals surface area contributed by atoms with Crippen molar-refractivity contribution >= 4 is 50.7 Å². The largest absolute Gasteiger partial charge is 0.354 e. The van der Waals surface area contributed by atoms with E-state index in [9.17, 15) is 18.0 Å². The average molecular weight is 681 g/mol. The molecule has 0 fully saturated rings. The van der Waals surface area contributed by atoms with Crippen molar-refractivity contribution < 1.29 is 18.0 Å². The number of nitrogens with one attached hydrogen (secondary N) is 1. The summed E-state index contributed by atoms with van der Waals surface area (Å²) in [5.41, 5.74) is 2.58. The molecule has 4 aromatic rings. The van der Waals surface area contributed by atoms with Gasteiger partial charge in [-0.15, -0.1) is 0 Å². The Morgan fingerprint density at radius 2 is 1.46 bits per heavy atom. The van der Waals surface area contributed by atoms with Gasteiger partial charge in [-0.05, 0) is 59.4 Å². The summed E-state index contributed by atoms with van der Waals surface area (Å²) >= 11 is 12.8. The Balaban J connectivity index is 1.84. The number of nitrogens with zero attached hydrogens (tertiary/aromatic N) is 2. The molecule has 0 bridgehead atoms. The summed E-state index contributed by atoms with van der Waals surface area (Å²) < 4.78 is 29.6. The number of carbonyl (C=O) groups excluding carboxylic acids is 2. The Kier molecular flexibility index (Phi) is 12.3. The summed E-state index contributed by atoms with van der Waals surface area (Å²) in [6, 6.07) is 28.5. The van der Waals surface area contributed by atoms with E-state index >= 15 is 0 Å². The van der Waals surface area contributed by atoms with Gasteiger partial charge in [0.25, 0.3) is 10.0 Å². The third-order valence-corrected chi connectivity index (χ3v) is 9.92. The van der Waals surface area contributed by atoms with Gasteiger partial charge in [0.15, 0.2) is 0 Å². The normalized spacial score (nSPS) is 12.0. The quantitative estimate of drug-likeness (QED) is 0.153. The van der Waals surface area contributed by atoms with Crippen LogP contribution in [-0.2, 0) is 39.0 Å². The lowest BCUT2D eigenvalue weighted by atomic mass is 10.0. The van der Waals surface area contributed by atoms with E-state index in [-0.39, 0.29) is 29.7 Å². The van der Waals surface area contributed by atoms with Crippen LogP contribution in [-0.4, -0.2) is 44.3 Å². The van der Waals surface area contributed by atoms with Crippen LogP contribution in [0.3, 0.4) is 0 Å². The minimum Gasteiger partial charge on any atom is -0.354 e. The highest BCUT2D eigenvalue weighted by Gasteiger charge is 2.35. The maximum Gasteiger partial charge on any atom is 0.264 e. The smallest absolute Gasteiger partial charge is 0.264 e. The highest BCUT2D eigenvalue weighted by Crippen LogP contribution is 2.29. The average Bonchev–Trinajstić information content (AvgIpc) is 3.05. The zero-order chi connectivity index (χ0) is 33.3. The van der Waals surface area contributed by atoms with Gasteiger partial charge < -0.3 is 10.2 Å². The zero-order valence-corrected chi connectivity index (χ0v) is 28.5. The first-order valence-electron chi connectivity index (χ1n) is 15.2. The van der Waals surface area contributed by atoms with E-state index in [1.54, 1.807) is 48.5 Å². The molecule has 2 amide bonds. The van der Waals surface area contributed by atoms with Crippen molar-refractivity contribution in [3.8, 4) is 0 Å². The fourth-order valence-electron chi connectivity index (χ4n) is 5.10. The number of carbonyl (C=O) groups is 2. The predicted octanol–water partition coefficient (Wildman–Crippen LogP) is 7.16. The van der Waals surface area contributed by atoms with Crippen LogP contribution in [0.4, 0.5) is 5.69 Å². The standard InChI is InChI=1S/C36H39Cl2N3O4S/c1-4-28-15-11-12-18-33(28)41(46(44,45)31-16-9-6-10-17-31)25-35(42)40(24-29-19-20-30(37)22-32(29)38)34(36(43)39-23-26(2)3)21-27-13-7-5-8-14-27/h5-20,22,26,34H,4,21,23-25H2,1-3H3,(H,39,43). The zero-order valence-electron chi connectivity index (χ0n) is 26.2. The van der Waals surface area contributed by atoms with Gasteiger partial charge in [0.2, 0.25) is 11.8 Å². The van der Waals surface area contributed by atoms with Gasteiger partial charge in [-0.25, -0.2) is 8.42 Å². The van der Waals surface area contributed by atoms with Crippen LogP contribution in [0.1, 0.15) is 37.5 Å². The molecule has 4 rings (SSSR count). The van der Waals surface area contributed by atoms with Crippen LogP contribution >= 0.6 is 23.2 Å². The summed E-state index contributed by atoms with van der Waals surface area (Å²) in [6.45, 7) is 5.73. The summed E-state index contributed by atoms with van der Waals surface area (Å²) in [4.78, 5) is 30.0.